The van der Waals surface area contributed by atoms with Gasteiger partial charge in [0.25, 0.3) is 0 Å². The summed E-state index contributed by atoms with van der Waals surface area (Å²) >= 11 is 3.30. The standard InChI is InChI=1S/C20H17BrN2O3/c21-19-16(6-3-9-22-19)12-17(20(25)26)23-18(24)11-13-7-8-14-4-1-2-5-15(14)10-13/h1-10,17H,11-12H2,(H,23,24)(H,25,26)/t17-/m1/s1. The molecule has 0 radical (unpaired) electrons. The van der Waals surface area contributed by atoms with Gasteiger partial charge in [0.2, 0.25) is 5.91 Å². The third-order valence-corrected chi connectivity index (χ3v) is 4.79. The van der Waals surface area contributed by atoms with Crippen molar-refractivity contribution in [3.8, 4) is 0 Å². The molecule has 5 nitrogen and oxygen atoms in total. The number of carboxylic acid groups (broad SMARTS) is 1. The maximum Gasteiger partial charge on any atom is 0.326 e. The first kappa shape index (κ1) is 18.1. The van der Waals surface area contributed by atoms with Crippen LogP contribution in [0.3, 0.4) is 0 Å². The summed E-state index contributed by atoms with van der Waals surface area (Å²) in [4.78, 5) is 27.9. The molecule has 6 heteroatoms. The lowest BCUT2D eigenvalue weighted by atomic mass is 10.0. The van der Waals surface area contributed by atoms with E-state index in [9.17, 15) is 14.7 Å². The zero-order valence-corrected chi connectivity index (χ0v) is 15.4. The van der Waals surface area contributed by atoms with Crippen LogP contribution >= 0.6 is 15.9 Å². The van der Waals surface area contributed by atoms with Crippen LogP contribution in [0, 0.1) is 0 Å². The van der Waals surface area contributed by atoms with E-state index in [1.54, 1.807) is 18.3 Å². The quantitative estimate of drug-likeness (QED) is 0.608. The Kier molecular flexibility index (Phi) is 5.63. The second kappa shape index (κ2) is 8.10. The molecule has 0 fully saturated rings. The third-order valence-electron chi connectivity index (χ3n) is 4.07. The molecule has 0 bridgehead atoms. The van der Waals surface area contributed by atoms with E-state index < -0.39 is 12.0 Å². The first-order chi connectivity index (χ1) is 12.5. The van der Waals surface area contributed by atoms with Crippen molar-refractivity contribution in [2.75, 3.05) is 0 Å². The predicted octanol–water partition coefficient (Wildman–Crippen LogP) is 3.35. The van der Waals surface area contributed by atoms with Gasteiger partial charge in [0.05, 0.1) is 6.42 Å². The lowest BCUT2D eigenvalue weighted by molar-refractivity contribution is -0.141. The number of rotatable bonds is 6. The first-order valence-electron chi connectivity index (χ1n) is 8.12. The van der Waals surface area contributed by atoms with E-state index >= 15 is 0 Å². The van der Waals surface area contributed by atoms with Crippen LogP contribution in [0.2, 0.25) is 0 Å². The number of aliphatic carboxylic acids is 1. The van der Waals surface area contributed by atoms with Gasteiger partial charge in [0.15, 0.2) is 0 Å². The molecular formula is C20H17BrN2O3. The number of carboxylic acids is 1. The lowest BCUT2D eigenvalue weighted by Gasteiger charge is -2.15. The molecule has 0 saturated carbocycles. The van der Waals surface area contributed by atoms with Crippen LogP contribution in [0.5, 0.6) is 0 Å². The van der Waals surface area contributed by atoms with Gasteiger partial charge in [-0.1, -0.05) is 48.5 Å². The summed E-state index contributed by atoms with van der Waals surface area (Å²) in [7, 11) is 0. The van der Waals surface area contributed by atoms with Crippen LogP contribution < -0.4 is 5.32 Å². The Morgan fingerprint density at radius 1 is 1.08 bits per heavy atom. The molecule has 1 amide bonds. The molecule has 26 heavy (non-hydrogen) atoms. The largest absolute Gasteiger partial charge is 0.480 e. The smallest absolute Gasteiger partial charge is 0.326 e. The number of nitrogens with zero attached hydrogens (tertiary/aromatic N) is 1. The van der Waals surface area contributed by atoms with Crippen LogP contribution in [-0.4, -0.2) is 28.0 Å². The van der Waals surface area contributed by atoms with E-state index in [1.165, 1.54) is 0 Å². The van der Waals surface area contributed by atoms with Crippen molar-refractivity contribution in [1.29, 1.82) is 0 Å². The Balaban J connectivity index is 1.69. The van der Waals surface area contributed by atoms with Crippen molar-refractivity contribution in [1.82, 2.24) is 10.3 Å². The molecule has 2 N–H and O–H groups in total. The van der Waals surface area contributed by atoms with E-state index in [0.29, 0.717) is 4.60 Å². The fourth-order valence-electron chi connectivity index (χ4n) is 2.77. The van der Waals surface area contributed by atoms with Crippen molar-refractivity contribution in [2.24, 2.45) is 0 Å². The van der Waals surface area contributed by atoms with Crippen molar-refractivity contribution in [3.05, 3.63) is 76.5 Å². The monoisotopic (exact) mass is 412 g/mol. The normalized spacial score (nSPS) is 11.9. The summed E-state index contributed by atoms with van der Waals surface area (Å²) in [6, 6.07) is 16.2. The van der Waals surface area contributed by atoms with Crippen LogP contribution in [0.25, 0.3) is 10.8 Å². The number of halogens is 1. The van der Waals surface area contributed by atoms with Crippen molar-refractivity contribution in [3.63, 3.8) is 0 Å². The van der Waals surface area contributed by atoms with Gasteiger partial charge in [-0.05, 0) is 43.9 Å². The summed E-state index contributed by atoms with van der Waals surface area (Å²) < 4.78 is 0.579. The molecule has 1 aromatic heterocycles. The SMILES string of the molecule is O=C(Cc1ccc2ccccc2c1)N[C@H](Cc1cccnc1Br)C(=O)O. The highest BCUT2D eigenvalue weighted by Crippen LogP contribution is 2.17. The number of benzene rings is 2. The fourth-order valence-corrected chi connectivity index (χ4v) is 3.18. The number of carbonyl (C=O) groups is 2. The Morgan fingerprint density at radius 3 is 2.58 bits per heavy atom. The predicted molar refractivity (Wildman–Crippen MR) is 103 cm³/mol. The maximum absolute atomic E-state index is 12.3. The Labute approximate surface area is 159 Å². The minimum Gasteiger partial charge on any atom is -0.480 e. The summed E-state index contributed by atoms with van der Waals surface area (Å²) in [5, 5.41) is 14.2. The maximum atomic E-state index is 12.3. The molecule has 1 heterocycles. The zero-order chi connectivity index (χ0) is 18.5. The molecule has 0 aliphatic rings. The van der Waals surface area contributed by atoms with Gasteiger partial charge in [-0.2, -0.15) is 0 Å². The average Bonchev–Trinajstić information content (AvgIpc) is 2.62. The lowest BCUT2D eigenvalue weighted by Crippen LogP contribution is -2.43. The molecule has 1 atom stereocenters. The summed E-state index contributed by atoms with van der Waals surface area (Å²) in [5.41, 5.74) is 1.57. The van der Waals surface area contributed by atoms with Crippen molar-refractivity contribution < 1.29 is 14.7 Å². The Hall–Kier alpha value is -2.73. The van der Waals surface area contributed by atoms with Crippen LogP contribution in [0.4, 0.5) is 0 Å². The second-order valence-electron chi connectivity index (χ2n) is 5.97. The highest BCUT2D eigenvalue weighted by molar-refractivity contribution is 9.10. The topological polar surface area (TPSA) is 79.3 Å². The van der Waals surface area contributed by atoms with Gasteiger partial charge in [-0.15, -0.1) is 0 Å². The van der Waals surface area contributed by atoms with E-state index in [-0.39, 0.29) is 18.7 Å². The van der Waals surface area contributed by atoms with Crippen molar-refractivity contribution >= 4 is 38.6 Å². The minimum absolute atomic E-state index is 0.128. The number of hydrogen-bond acceptors (Lipinski definition) is 3. The minimum atomic E-state index is -1.08. The molecule has 2 aromatic carbocycles. The van der Waals surface area contributed by atoms with E-state index in [2.05, 4.69) is 26.2 Å². The molecule has 3 rings (SSSR count). The van der Waals surface area contributed by atoms with Gasteiger partial charge in [-0.25, -0.2) is 9.78 Å². The molecule has 0 saturated heterocycles. The van der Waals surface area contributed by atoms with E-state index in [4.69, 9.17) is 0 Å². The molecule has 0 aliphatic heterocycles. The van der Waals surface area contributed by atoms with Gasteiger partial charge in [0.1, 0.15) is 10.6 Å². The number of nitrogens with one attached hydrogen (secondary N) is 1. The van der Waals surface area contributed by atoms with Crippen molar-refractivity contribution in [2.45, 2.75) is 18.9 Å². The number of amides is 1. The highest BCUT2D eigenvalue weighted by Gasteiger charge is 2.21. The Bertz CT molecular complexity index is 958. The number of aromatic nitrogens is 1. The zero-order valence-electron chi connectivity index (χ0n) is 13.9. The summed E-state index contributed by atoms with van der Waals surface area (Å²) in [6.45, 7) is 0. The molecule has 132 valence electrons. The second-order valence-corrected chi connectivity index (χ2v) is 6.73. The first-order valence-corrected chi connectivity index (χ1v) is 8.91. The van der Waals surface area contributed by atoms with Crippen LogP contribution in [0.1, 0.15) is 11.1 Å². The van der Waals surface area contributed by atoms with Gasteiger partial charge in [-0.3, -0.25) is 4.79 Å². The fraction of sp³-hybridized carbons (Fsp3) is 0.150. The summed E-state index contributed by atoms with van der Waals surface area (Å²) in [6.07, 6.45) is 1.90. The van der Waals surface area contributed by atoms with E-state index in [0.717, 1.165) is 21.9 Å². The van der Waals surface area contributed by atoms with Crippen LogP contribution in [0.15, 0.2) is 65.4 Å². The third kappa shape index (κ3) is 4.46. The molecule has 3 aromatic rings. The summed E-state index contributed by atoms with van der Waals surface area (Å²) in [5.74, 6) is -1.40. The number of carbonyl (C=O) groups excluding carboxylic acids is 1. The van der Waals surface area contributed by atoms with Gasteiger partial charge >= 0.3 is 5.97 Å². The molecule has 0 spiro atoms. The van der Waals surface area contributed by atoms with Gasteiger partial charge in [0, 0.05) is 12.6 Å². The highest BCUT2D eigenvalue weighted by atomic mass is 79.9. The number of pyridine rings is 1. The van der Waals surface area contributed by atoms with Crippen LogP contribution in [-0.2, 0) is 22.4 Å². The molecule has 0 aliphatic carbocycles. The average molecular weight is 413 g/mol. The van der Waals surface area contributed by atoms with Gasteiger partial charge < -0.3 is 10.4 Å². The van der Waals surface area contributed by atoms with E-state index in [1.807, 2.05) is 42.5 Å². The Morgan fingerprint density at radius 2 is 1.85 bits per heavy atom. The molecular weight excluding hydrogens is 396 g/mol. The number of hydrogen-bond donors (Lipinski definition) is 2. The molecule has 0 unspecified atom stereocenters. The number of fused-ring (bicyclic) bond motifs is 1.